The van der Waals surface area contributed by atoms with Crippen LogP contribution >= 0.6 is 0 Å². The highest BCUT2D eigenvalue weighted by atomic mass is 16.5. The van der Waals surface area contributed by atoms with Gasteiger partial charge >= 0.3 is 0 Å². The number of aliphatic hydroxyl groups excluding tert-OH is 1. The second-order valence-corrected chi connectivity index (χ2v) is 3.81. The first kappa shape index (κ1) is 13.6. The van der Waals surface area contributed by atoms with Crippen molar-refractivity contribution >= 4 is 5.76 Å². The van der Waals surface area contributed by atoms with E-state index in [4.69, 9.17) is 9.47 Å². The molecule has 1 unspecified atom stereocenters. The molecule has 0 aliphatic rings. The molecule has 0 aliphatic carbocycles. The van der Waals surface area contributed by atoms with Crippen molar-refractivity contribution in [1.29, 1.82) is 0 Å². The van der Waals surface area contributed by atoms with Gasteiger partial charge in [-0.25, -0.2) is 0 Å². The first-order valence-corrected chi connectivity index (χ1v) is 5.74. The van der Waals surface area contributed by atoms with Gasteiger partial charge in [0.05, 0.1) is 20.3 Å². The molecule has 0 heterocycles. The van der Waals surface area contributed by atoms with Crippen LogP contribution in [0.5, 0.6) is 5.75 Å². The summed E-state index contributed by atoms with van der Waals surface area (Å²) in [5.74, 6) is 1.50. The van der Waals surface area contributed by atoms with E-state index in [1.54, 1.807) is 21.1 Å². The van der Waals surface area contributed by atoms with Gasteiger partial charge in [-0.1, -0.05) is 19.1 Å². The smallest absolute Gasteiger partial charge is 0.125 e. The minimum absolute atomic E-state index is 0.542. The van der Waals surface area contributed by atoms with Crippen molar-refractivity contribution in [2.75, 3.05) is 14.2 Å². The van der Waals surface area contributed by atoms with E-state index in [-0.39, 0.29) is 0 Å². The van der Waals surface area contributed by atoms with Crippen molar-refractivity contribution in [3.63, 3.8) is 0 Å². The molecular weight excluding hydrogens is 216 g/mol. The molecule has 1 aromatic rings. The fourth-order valence-electron chi connectivity index (χ4n) is 1.71. The summed E-state index contributed by atoms with van der Waals surface area (Å²) in [7, 11) is 3.25. The van der Waals surface area contributed by atoms with Crippen LogP contribution < -0.4 is 4.74 Å². The Labute approximate surface area is 103 Å². The molecule has 0 saturated carbocycles. The normalized spacial score (nSPS) is 13.4. The lowest BCUT2D eigenvalue weighted by Crippen LogP contribution is -1.98. The monoisotopic (exact) mass is 236 g/mol. The van der Waals surface area contributed by atoms with Gasteiger partial charge in [0.2, 0.25) is 0 Å². The molecule has 0 amide bonds. The number of benzene rings is 1. The first-order chi connectivity index (χ1) is 8.13. The Hall–Kier alpha value is -1.48. The zero-order valence-electron chi connectivity index (χ0n) is 10.9. The van der Waals surface area contributed by atoms with Crippen LogP contribution in [0.4, 0.5) is 0 Å². The maximum atomic E-state index is 9.60. The number of methoxy groups -OCH3 is 2. The van der Waals surface area contributed by atoms with Gasteiger partial charge in [0.1, 0.15) is 11.5 Å². The van der Waals surface area contributed by atoms with Gasteiger partial charge in [0.25, 0.3) is 0 Å². The lowest BCUT2D eigenvalue weighted by Gasteiger charge is -2.13. The van der Waals surface area contributed by atoms with Crippen LogP contribution in [0.25, 0.3) is 5.76 Å². The van der Waals surface area contributed by atoms with Gasteiger partial charge in [0.15, 0.2) is 0 Å². The van der Waals surface area contributed by atoms with Crippen molar-refractivity contribution in [3.05, 3.63) is 35.4 Å². The van der Waals surface area contributed by atoms with Crippen LogP contribution in [-0.2, 0) is 4.74 Å². The molecule has 1 atom stereocenters. The van der Waals surface area contributed by atoms with E-state index in [2.05, 4.69) is 6.92 Å². The quantitative estimate of drug-likeness (QED) is 0.798. The molecule has 1 rings (SSSR count). The van der Waals surface area contributed by atoms with Crippen LogP contribution in [0.3, 0.4) is 0 Å². The molecule has 3 nitrogen and oxygen atoms in total. The molecule has 0 aliphatic heterocycles. The van der Waals surface area contributed by atoms with Gasteiger partial charge in [-0.3, -0.25) is 0 Å². The van der Waals surface area contributed by atoms with Crippen molar-refractivity contribution in [2.24, 2.45) is 0 Å². The number of ether oxygens (including phenoxy) is 2. The highest BCUT2D eigenvalue weighted by molar-refractivity contribution is 5.62. The van der Waals surface area contributed by atoms with Gasteiger partial charge < -0.3 is 14.6 Å². The van der Waals surface area contributed by atoms with Crippen LogP contribution in [-0.4, -0.2) is 19.3 Å². The van der Waals surface area contributed by atoms with Gasteiger partial charge in [-0.05, 0) is 25.5 Å². The van der Waals surface area contributed by atoms with Gasteiger partial charge in [-0.15, -0.1) is 0 Å². The summed E-state index contributed by atoms with van der Waals surface area (Å²) in [6.07, 6.45) is 2.38. The summed E-state index contributed by atoms with van der Waals surface area (Å²) < 4.78 is 10.6. The predicted octanol–water partition coefficient (Wildman–Crippen LogP) is 3.15. The van der Waals surface area contributed by atoms with E-state index in [9.17, 15) is 5.11 Å². The Morgan fingerprint density at radius 3 is 2.59 bits per heavy atom. The van der Waals surface area contributed by atoms with E-state index in [1.807, 2.05) is 24.3 Å². The molecule has 17 heavy (non-hydrogen) atoms. The number of aliphatic hydroxyl groups is 1. The Morgan fingerprint density at radius 2 is 2.12 bits per heavy atom. The van der Waals surface area contributed by atoms with Crippen LogP contribution in [0, 0.1) is 0 Å². The van der Waals surface area contributed by atoms with E-state index in [1.165, 1.54) is 0 Å². The third-order valence-corrected chi connectivity index (χ3v) is 2.58. The molecule has 0 saturated heterocycles. The lowest BCUT2D eigenvalue weighted by atomic mass is 10.0. The second-order valence-electron chi connectivity index (χ2n) is 3.81. The Kier molecular flexibility index (Phi) is 5.04. The molecule has 0 aromatic heterocycles. The van der Waals surface area contributed by atoms with Crippen molar-refractivity contribution < 1.29 is 14.6 Å². The molecule has 3 heteroatoms. The number of hydrogen-bond acceptors (Lipinski definition) is 3. The molecule has 0 fully saturated rings. The fourth-order valence-corrected chi connectivity index (χ4v) is 1.71. The zero-order valence-corrected chi connectivity index (χ0v) is 10.9. The predicted molar refractivity (Wildman–Crippen MR) is 68.9 cm³/mol. The Morgan fingerprint density at radius 1 is 1.41 bits per heavy atom. The van der Waals surface area contributed by atoms with E-state index >= 15 is 0 Å². The summed E-state index contributed by atoms with van der Waals surface area (Å²) in [5.41, 5.74) is 1.74. The standard InChI is InChI=1S/C14H20O3/c1-5-6-13(16-3)11-7-8-12(10(2)15)14(9-11)17-4/h6-10,15H,5H2,1-4H3/b13-6-. The van der Waals surface area contributed by atoms with Crippen molar-refractivity contribution in [1.82, 2.24) is 0 Å². The van der Waals surface area contributed by atoms with Crippen molar-refractivity contribution in [3.8, 4) is 5.75 Å². The minimum Gasteiger partial charge on any atom is -0.496 e. The molecule has 0 radical (unpaired) electrons. The Balaban J connectivity index is 3.17. The van der Waals surface area contributed by atoms with E-state index in [0.29, 0.717) is 5.75 Å². The highest BCUT2D eigenvalue weighted by Crippen LogP contribution is 2.29. The number of rotatable bonds is 5. The van der Waals surface area contributed by atoms with Gasteiger partial charge in [-0.2, -0.15) is 0 Å². The average Bonchev–Trinajstić information content (AvgIpc) is 2.34. The summed E-state index contributed by atoms with van der Waals surface area (Å²) in [6.45, 7) is 3.77. The molecule has 0 spiro atoms. The van der Waals surface area contributed by atoms with E-state index < -0.39 is 6.10 Å². The summed E-state index contributed by atoms with van der Waals surface area (Å²) in [5, 5.41) is 9.60. The van der Waals surface area contributed by atoms with Gasteiger partial charge in [0, 0.05) is 11.1 Å². The number of hydrogen-bond donors (Lipinski definition) is 1. The molecule has 94 valence electrons. The summed E-state index contributed by atoms with van der Waals surface area (Å²) >= 11 is 0. The maximum Gasteiger partial charge on any atom is 0.125 e. The topological polar surface area (TPSA) is 38.7 Å². The highest BCUT2D eigenvalue weighted by Gasteiger charge is 2.11. The number of allylic oxidation sites excluding steroid dienone is 1. The molecule has 1 aromatic carbocycles. The molecule has 1 N–H and O–H groups in total. The third-order valence-electron chi connectivity index (χ3n) is 2.58. The zero-order chi connectivity index (χ0) is 12.8. The Bertz CT molecular complexity index is 394. The molecular formula is C14H20O3. The van der Waals surface area contributed by atoms with Crippen molar-refractivity contribution in [2.45, 2.75) is 26.4 Å². The third kappa shape index (κ3) is 3.24. The fraction of sp³-hybridized carbons (Fsp3) is 0.429. The van der Waals surface area contributed by atoms with E-state index in [0.717, 1.165) is 23.3 Å². The second kappa shape index (κ2) is 6.30. The lowest BCUT2D eigenvalue weighted by molar-refractivity contribution is 0.194. The SMILES string of the molecule is CC/C=C(\OC)c1ccc(C(C)O)c(OC)c1. The molecule has 0 bridgehead atoms. The maximum absolute atomic E-state index is 9.60. The largest absolute Gasteiger partial charge is 0.496 e. The van der Waals surface area contributed by atoms with Crippen LogP contribution in [0.15, 0.2) is 24.3 Å². The minimum atomic E-state index is -0.542. The summed E-state index contributed by atoms with van der Waals surface area (Å²) in [6, 6.07) is 5.67. The van der Waals surface area contributed by atoms with Crippen LogP contribution in [0.2, 0.25) is 0 Å². The average molecular weight is 236 g/mol. The first-order valence-electron chi connectivity index (χ1n) is 5.74. The summed E-state index contributed by atoms with van der Waals surface area (Å²) in [4.78, 5) is 0. The van der Waals surface area contributed by atoms with Crippen LogP contribution in [0.1, 0.15) is 37.5 Å².